The van der Waals surface area contributed by atoms with Crippen LogP contribution in [0.3, 0.4) is 0 Å². The second-order valence-electron chi connectivity index (χ2n) is 6.25. The molecular formula is C14H29NO. The van der Waals surface area contributed by atoms with Crippen LogP contribution < -0.4 is 5.32 Å². The van der Waals surface area contributed by atoms with Crippen molar-refractivity contribution in [1.82, 2.24) is 5.32 Å². The van der Waals surface area contributed by atoms with E-state index in [1.165, 1.54) is 19.3 Å². The largest absolute Gasteiger partial charge is 0.378 e. The highest BCUT2D eigenvalue weighted by atomic mass is 16.5. The molecule has 0 bridgehead atoms. The van der Waals surface area contributed by atoms with Crippen LogP contribution in [0.25, 0.3) is 0 Å². The molecule has 0 aromatic rings. The lowest BCUT2D eigenvalue weighted by Gasteiger charge is -2.37. The zero-order valence-corrected chi connectivity index (χ0v) is 11.7. The SMILES string of the molecule is CCC(C)C1OCCCC1CNC(C)(C)C. The standard InChI is InChI=1S/C14H29NO/c1-6-11(2)13-12(8-7-9-16-13)10-15-14(3,4)5/h11-13,15H,6-10H2,1-5H3. The van der Waals surface area contributed by atoms with Gasteiger partial charge in [0.25, 0.3) is 0 Å². The molecule has 3 atom stereocenters. The van der Waals surface area contributed by atoms with Crippen LogP contribution in [0, 0.1) is 11.8 Å². The molecule has 2 nitrogen and oxygen atoms in total. The molecule has 1 N–H and O–H groups in total. The Labute approximate surface area is 101 Å². The molecule has 0 aromatic carbocycles. The van der Waals surface area contributed by atoms with Gasteiger partial charge in [-0.15, -0.1) is 0 Å². The fraction of sp³-hybridized carbons (Fsp3) is 1.00. The molecule has 0 saturated carbocycles. The maximum Gasteiger partial charge on any atom is 0.0640 e. The molecule has 16 heavy (non-hydrogen) atoms. The van der Waals surface area contributed by atoms with E-state index in [2.05, 4.69) is 39.9 Å². The van der Waals surface area contributed by atoms with Gasteiger partial charge in [-0.3, -0.25) is 0 Å². The first-order chi connectivity index (χ1) is 7.44. The topological polar surface area (TPSA) is 21.3 Å². The Balaban J connectivity index is 2.47. The van der Waals surface area contributed by atoms with Gasteiger partial charge >= 0.3 is 0 Å². The fourth-order valence-corrected chi connectivity index (χ4v) is 2.38. The summed E-state index contributed by atoms with van der Waals surface area (Å²) in [7, 11) is 0. The van der Waals surface area contributed by atoms with Gasteiger partial charge in [-0.1, -0.05) is 20.3 Å². The van der Waals surface area contributed by atoms with E-state index in [0.717, 1.165) is 13.2 Å². The maximum atomic E-state index is 5.97. The van der Waals surface area contributed by atoms with Crippen molar-refractivity contribution in [3.05, 3.63) is 0 Å². The Morgan fingerprint density at radius 3 is 2.62 bits per heavy atom. The summed E-state index contributed by atoms with van der Waals surface area (Å²) in [5.74, 6) is 1.38. The lowest BCUT2D eigenvalue weighted by molar-refractivity contribution is -0.0576. The van der Waals surface area contributed by atoms with Crippen LogP contribution in [-0.2, 0) is 4.74 Å². The monoisotopic (exact) mass is 227 g/mol. The normalized spacial score (nSPS) is 29.1. The fourth-order valence-electron chi connectivity index (χ4n) is 2.38. The van der Waals surface area contributed by atoms with Crippen LogP contribution in [0.5, 0.6) is 0 Å². The first-order valence-corrected chi connectivity index (χ1v) is 6.80. The zero-order chi connectivity index (χ0) is 12.2. The third-order valence-electron chi connectivity index (χ3n) is 3.59. The summed E-state index contributed by atoms with van der Waals surface area (Å²) in [6.07, 6.45) is 4.23. The Hall–Kier alpha value is -0.0800. The van der Waals surface area contributed by atoms with Crippen LogP contribution in [0.1, 0.15) is 53.9 Å². The smallest absolute Gasteiger partial charge is 0.0640 e. The molecular weight excluding hydrogens is 198 g/mol. The van der Waals surface area contributed by atoms with E-state index in [1.54, 1.807) is 0 Å². The molecule has 0 amide bonds. The molecule has 1 aliphatic heterocycles. The molecule has 96 valence electrons. The molecule has 1 heterocycles. The van der Waals surface area contributed by atoms with Crippen molar-refractivity contribution < 1.29 is 4.74 Å². The van der Waals surface area contributed by atoms with Gasteiger partial charge in [-0.25, -0.2) is 0 Å². The van der Waals surface area contributed by atoms with Gasteiger partial charge in [0, 0.05) is 18.7 Å². The van der Waals surface area contributed by atoms with Gasteiger partial charge in [0.2, 0.25) is 0 Å². The zero-order valence-electron chi connectivity index (χ0n) is 11.7. The van der Waals surface area contributed by atoms with E-state index in [-0.39, 0.29) is 5.54 Å². The Morgan fingerprint density at radius 2 is 2.06 bits per heavy atom. The molecule has 0 radical (unpaired) electrons. The van der Waals surface area contributed by atoms with E-state index in [0.29, 0.717) is 17.9 Å². The molecule has 0 spiro atoms. The number of rotatable bonds is 4. The van der Waals surface area contributed by atoms with Crippen LogP contribution in [0.4, 0.5) is 0 Å². The van der Waals surface area contributed by atoms with Crippen molar-refractivity contribution >= 4 is 0 Å². The highest BCUT2D eigenvalue weighted by molar-refractivity contribution is 4.82. The number of nitrogens with one attached hydrogen (secondary N) is 1. The van der Waals surface area contributed by atoms with Gasteiger partial charge in [-0.2, -0.15) is 0 Å². The lowest BCUT2D eigenvalue weighted by atomic mass is 9.85. The summed E-state index contributed by atoms with van der Waals surface area (Å²) >= 11 is 0. The number of hydrogen-bond acceptors (Lipinski definition) is 2. The number of hydrogen-bond donors (Lipinski definition) is 1. The van der Waals surface area contributed by atoms with Crippen molar-refractivity contribution in [3.63, 3.8) is 0 Å². The average molecular weight is 227 g/mol. The van der Waals surface area contributed by atoms with Gasteiger partial charge in [0.15, 0.2) is 0 Å². The van der Waals surface area contributed by atoms with Gasteiger partial charge in [0.05, 0.1) is 6.10 Å². The summed E-state index contributed by atoms with van der Waals surface area (Å²) < 4.78 is 5.97. The van der Waals surface area contributed by atoms with Gasteiger partial charge in [-0.05, 0) is 45.4 Å². The van der Waals surface area contributed by atoms with Crippen LogP contribution in [0.2, 0.25) is 0 Å². The van der Waals surface area contributed by atoms with Crippen molar-refractivity contribution in [2.45, 2.75) is 65.5 Å². The molecule has 1 saturated heterocycles. The minimum Gasteiger partial charge on any atom is -0.378 e. The van der Waals surface area contributed by atoms with E-state index in [9.17, 15) is 0 Å². The molecule has 1 aliphatic rings. The van der Waals surface area contributed by atoms with Crippen LogP contribution in [0.15, 0.2) is 0 Å². The predicted octanol–water partition coefficient (Wildman–Crippen LogP) is 3.22. The number of ether oxygens (including phenoxy) is 1. The summed E-state index contributed by atoms with van der Waals surface area (Å²) in [6, 6.07) is 0. The minimum absolute atomic E-state index is 0.220. The summed E-state index contributed by atoms with van der Waals surface area (Å²) in [4.78, 5) is 0. The Morgan fingerprint density at radius 1 is 1.38 bits per heavy atom. The molecule has 0 aromatic heterocycles. The molecule has 3 unspecified atom stereocenters. The van der Waals surface area contributed by atoms with Crippen molar-refractivity contribution in [2.24, 2.45) is 11.8 Å². The minimum atomic E-state index is 0.220. The average Bonchev–Trinajstić information content (AvgIpc) is 2.25. The van der Waals surface area contributed by atoms with Crippen molar-refractivity contribution in [3.8, 4) is 0 Å². The second kappa shape index (κ2) is 6.02. The highest BCUT2D eigenvalue weighted by Gasteiger charge is 2.30. The summed E-state index contributed by atoms with van der Waals surface area (Å²) in [6.45, 7) is 13.3. The van der Waals surface area contributed by atoms with E-state index < -0.39 is 0 Å². The predicted molar refractivity (Wildman–Crippen MR) is 69.7 cm³/mol. The lowest BCUT2D eigenvalue weighted by Crippen LogP contribution is -2.45. The maximum absolute atomic E-state index is 5.97. The summed E-state index contributed by atoms with van der Waals surface area (Å²) in [5.41, 5.74) is 0.220. The Bertz CT molecular complexity index is 197. The van der Waals surface area contributed by atoms with Crippen molar-refractivity contribution in [1.29, 1.82) is 0 Å². The molecule has 2 heteroatoms. The van der Waals surface area contributed by atoms with Crippen LogP contribution >= 0.6 is 0 Å². The van der Waals surface area contributed by atoms with E-state index in [4.69, 9.17) is 4.74 Å². The quantitative estimate of drug-likeness (QED) is 0.796. The molecule has 1 rings (SSSR count). The third kappa shape index (κ3) is 4.42. The first kappa shape index (κ1) is 14.0. The van der Waals surface area contributed by atoms with E-state index in [1.807, 2.05) is 0 Å². The molecule has 1 fully saturated rings. The van der Waals surface area contributed by atoms with Gasteiger partial charge in [0.1, 0.15) is 0 Å². The molecule has 0 aliphatic carbocycles. The van der Waals surface area contributed by atoms with E-state index >= 15 is 0 Å². The third-order valence-corrected chi connectivity index (χ3v) is 3.59. The second-order valence-corrected chi connectivity index (χ2v) is 6.25. The Kier molecular flexibility index (Phi) is 5.26. The first-order valence-electron chi connectivity index (χ1n) is 6.80. The van der Waals surface area contributed by atoms with Gasteiger partial charge < -0.3 is 10.1 Å². The summed E-state index contributed by atoms with van der Waals surface area (Å²) in [5, 5.41) is 3.62. The van der Waals surface area contributed by atoms with Crippen molar-refractivity contribution in [2.75, 3.05) is 13.2 Å². The van der Waals surface area contributed by atoms with Crippen LogP contribution in [-0.4, -0.2) is 24.8 Å². The highest BCUT2D eigenvalue weighted by Crippen LogP contribution is 2.27.